The molecule has 2 N–H and O–H groups in total. The fraction of sp³-hybridized carbons (Fsp3) is 0.481. The van der Waals surface area contributed by atoms with Crippen LogP contribution in [0.15, 0.2) is 36.4 Å². The third-order valence-corrected chi connectivity index (χ3v) is 7.24. The number of alkyl halides is 2. The van der Waals surface area contributed by atoms with Crippen molar-refractivity contribution in [3.05, 3.63) is 53.2 Å². The Morgan fingerprint density at radius 1 is 1.11 bits per heavy atom. The van der Waals surface area contributed by atoms with Gasteiger partial charge in [-0.3, -0.25) is 9.59 Å². The van der Waals surface area contributed by atoms with E-state index in [-0.39, 0.29) is 43.1 Å². The van der Waals surface area contributed by atoms with Crippen LogP contribution < -0.4 is 15.4 Å². The highest BCUT2D eigenvalue weighted by Gasteiger charge is 2.55. The lowest BCUT2D eigenvalue weighted by Gasteiger charge is -2.49. The molecular formula is C27H32F2N4O5. The number of aromatic nitrogens is 1. The Morgan fingerprint density at radius 3 is 2.39 bits per heavy atom. The highest BCUT2D eigenvalue weighted by atomic mass is 19.3. The molecule has 2 fully saturated rings. The van der Waals surface area contributed by atoms with Gasteiger partial charge in [-0.1, -0.05) is 38.1 Å². The van der Waals surface area contributed by atoms with Crippen molar-refractivity contribution in [2.45, 2.75) is 51.6 Å². The number of halogens is 2. The second-order valence-electron chi connectivity index (χ2n) is 10.2. The van der Waals surface area contributed by atoms with E-state index in [4.69, 9.17) is 4.74 Å². The van der Waals surface area contributed by atoms with Gasteiger partial charge in [-0.25, -0.2) is 9.78 Å². The maximum Gasteiger partial charge on any atom is 0.388 e. The minimum Gasteiger partial charge on any atom is -0.469 e. The van der Waals surface area contributed by atoms with Crippen LogP contribution in [0, 0.1) is 12.3 Å². The fourth-order valence-corrected chi connectivity index (χ4v) is 4.84. The number of methoxy groups -OCH3 is 1. The number of nitrogens with zero attached hydrogens (tertiary/aromatic N) is 2. The summed E-state index contributed by atoms with van der Waals surface area (Å²) >= 11 is 0. The molecule has 1 aliphatic carbocycles. The molecule has 0 radical (unpaired) electrons. The summed E-state index contributed by atoms with van der Waals surface area (Å²) in [5.41, 5.74) is 0.333. The van der Waals surface area contributed by atoms with Gasteiger partial charge in [0.1, 0.15) is 11.1 Å². The van der Waals surface area contributed by atoms with Crippen LogP contribution in [0.25, 0.3) is 0 Å². The number of hydrogen-bond acceptors (Lipinski definition) is 6. The number of pyridine rings is 1. The number of amides is 3. The van der Waals surface area contributed by atoms with Crippen LogP contribution >= 0.6 is 0 Å². The minimum absolute atomic E-state index is 0.0129. The quantitative estimate of drug-likeness (QED) is 0.475. The Morgan fingerprint density at radius 2 is 1.79 bits per heavy atom. The second-order valence-corrected chi connectivity index (χ2v) is 10.2. The smallest absolute Gasteiger partial charge is 0.388 e. The first kappa shape index (κ1) is 27.3. The van der Waals surface area contributed by atoms with Crippen molar-refractivity contribution in [1.29, 1.82) is 0 Å². The normalized spacial score (nSPS) is 17.0. The third-order valence-electron chi connectivity index (χ3n) is 7.24. The maximum absolute atomic E-state index is 13.8. The Kier molecular flexibility index (Phi) is 7.57. The Labute approximate surface area is 219 Å². The molecule has 4 rings (SSSR count). The van der Waals surface area contributed by atoms with Gasteiger partial charge in [0.15, 0.2) is 0 Å². The molecule has 38 heavy (non-hydrogen) atoms. The van der Waals surface area contributed by atoms with Crippen molar-refractivity contribution < 1.29 is 32.6 Å². The standard InChI is InChI=1S/C27H32F2N4O5/c1-16(2)18-7-5-6-8-19(18)27(22(34)32-20-10-9-17(3)31-21(20)38-24(28)29)14-33(15-27)25(36)30-13-26(11-12-26)23(35)37-4/h5-10,16,24H,11-15H2,1-4H3,(H,30,36)(H,32,34). The van der Waals surface area contributed by atoms with E-state index in [0.717, 1.165) is 11.1 Å². The average Bonchev–Trinajstić information content (AvgIpc) is 3.64. The topological polar surface area (TPSA) is 110 Å². The number of ether oxygens (including phenoxy) is 2. The van der Waals surface area contributed by atoms with Crippen molar-refractivity contribution in [2.24, 2.45) is 5.41 Å². The summed E-state index contributed by atoms with van der Waals surface area (Å²) < 4.78 is 35.4. The predicted molar refractivity (Wildman–Crippen MR) is 135 cm³/mol. The zero-order valence-corrected chi connectivity index (χ0v) is 21.8. The monoisotopic (exact) mass is 530 g/mol. The summed E-state index contributed by atoms with van der Waals surface area (Å²) in [6, 6.07) is 10.1. The molecule has 0 bridgehead atoms. The largest absolute Gasteiger partial charge is 0.469 e. The van der Waals surface area contributed by atoms with Crippen LogP contribution in [0.1, 0.15) is 49.4 Å². The van der Waals surface area contributed by atoms with Crippen molar-refractivity contribution in [3.8, 4) is 5.88 Å². The van der Waals surface area contributed by atoms with Gasteiger partial charge in [-0.05, 0) is 48.9 Å². The number of likely N-dealkylation sites (tertiary alicyclic amines) is 1. The molecular weight excluding hydrogens is 498 g/mol. The number of esters is 1. The number of urea groups is 1. The van der Waals surface area contributed by atoms with Crippen LogP contribution in [0.3, 0.4) is 0 Å². The summed E-state index contributed by atoms with van der Waals surface area (Å²) in [4.78, 5) is 44.3. The SMILES string of the molecule is COC(=O)C1(CNC(=O)N2CC(C(=O)Nc3ccc(C)nc3OC(F)F)(c3ccccc3C(C)C)C2)CC1. The molecule has 0 spiro atoms. The molecule has 3 amide bonds. The highest BCUT2D eigenvalue weighted by molar-refractivity contribution is 6.02. The molecule has 204 valence electrons. The average molecular weight is 531 g/mol. The first-order chi connectivity index (χ1) is 18.0. The molecule has 1 aromatic heterocycles. The van der Waals surface area contributed by atoms with E-state index >= 15 is 0 Å². The zero-order chi connectivity index (χ0) is 27.7. The van der Waals surface area contributed by atoms with E-state index in [0.29, 0.717) is 18.5 Å². The van der Waals surface area contributed by atoms with E-state index in [2.05, 4.69) is 20.4 Å². The predicted octanol–water partition coefficient (Wildman–Crippen LogP) is 3.97. The maximum atomic E-state index is 13.8. The zero-order valence-electron chi connectivity index (χ0n) is 21.8. The molecule has 1 saturated carbocycles. The number of anilines is 1. The Bertz CT molecular complexity index is 1230. The van der Waals surface area contributed by atoms with E-state index in [1.165, 1.54) is 18.1 Å². The van der Waals surface area contributed by atoms with Crippen molar-refractivity contribution in [2.75, 3.05) is 32.1 Å². The number of nitrogens with one attached hydrogen (secondary N) is 2. The van der Waals surface area contributed by atoms with Crippen molar-refractivity contribution in [3.63, 3.8) is 0 Å². The molecule has 1 aromatic carbocycles. The van der Waals surface area contributed by atoms with E-state index in [9.17, 15) is 23.2 Å². The van der Waals surface area contributed by atoms with Gasteiger partial charge in [0.05, 0.1) is 12.5 Å². The summed E-state index contributed by atoms with van der Waals surface area (Å²) in [7, 11) is 1.32. The van der Waals surface area contributed by atoms with Crippen LogP contribution in [0.2, 0.25) is 0 Å². The first-order valence-corrected chi connectivity index (χ1v) is 12.5. The molecule has 0 atom stereocenters. The minimum atomic E-state index is -3.11. The van der Waals surface area contributed by atoms with Gasteiger partial charge in [0, 0.05) is 25.3 Å². The third kappa shape index (κ3) is 5.27. The molecule has 9 nitrogen and oxygen atoms in total. The van der Waals surface area contributed by atoms with Gasteiger partial charge in [0.2, 0.25) is 11.8 Å². The lowest BCUT2D eigenvalue weighted by atomic mass is 9.69. The van der Waals surface area contributed by atoms with Crippen LogP contribution in [0.5, 0.6) is 5.88 Å². The number of aryl methyl sites for hydroxylation is 1. The number of hydrogen-bond donors (Lipinski definition) is 2. The van der Waals surface area contributed by atoms with Crippen LogP contribution in [-0.2, 0) is 19.7 Å². The number of benzene rings is 1. The summed E-state index contributed by atoms with van der Waals surface area (Å²) in [6.45, 7) is 2.80. The molecule has 2 aromatic rings. The Hall–Kier alpha value is -3.76. The summed E-state index contributed by atoms with van der Waals surface area (Å²) in [6.07, 6.45) is 1.28. The second kappa shape index (κ2) is 10.5. The van der Waals surface area contributed by atoms with E-state index in [1.54, 1.807) is 13.0 Å². The summed E-state index contributed by atoms with van der Waals surface area (Å²) in [5.74, 6) is -1.11. The summed E-state index contributed by atoms with van der Waals surface area (Å²) in [5, 5.41) is 5.52. The van der Waals surface area contributed by atoms with Gasteiger partial charge >= 0.3 is 18.6 Å². The lowest BCUT2D eigenvalue weighted by molar-refractivity contribution is -0.146. The first-order valence-electron chi connectivity index (χ1n) is 12.5. The number of carbonyl (C=O) groups excluding carboxylic acids is 3. The van der Waals surface area contributed by atoms with Crippen molar-refractivity contribution in [1.82, 2.24) is 15.2 Å². The molecule has 2 aliphatic rings. The lowest BCUT2D eigenvalue weighted by Crippen LogP contribution is -2.68. The molecule has 11 heteroatoms. The molecule has 0 unspecified atom stereocenters. The van der Waals surface area contributed by atoms with Gasteiger partial charge in [0.25, 0.3) is 0 Å². The van der Waals surface area contributed by atoms with Gasteiger partial charge in [-0.15, -0.1) is 0 Å². The fourth-order valence-electron chi connectivity index (χ4n) is 4.84. The molecule has 1 saturated heterocycles. The molecule has 2 heterocycles. The van der Waals surface area contributed by atoms with Crippen molar-refractivity contribution >= 4 is 23.6 Å². The van der Waals surface area contributed by atoms with E-state index in [1.807, 2.05) is 38.1 Å². The Balaban J connectivity index is 1.58. The number of rotatable bonds is 9. The van der Waals surface area contributed by atoms with Gasteiger partial charge < -0.3 is 25.0 Å². The number of carbonyl (C=O) groups is 3. The van der Waals surface area contributed by atoms with Crippen LogP contribution in [0.4, 0.5) is 19.3 Å². The highest BCUT2D eigenvalue weighted by Crippen LogP contribution is 2.46. The molecule has 1 aliphatic heterocycles. The van der Waals surface area contributed by atoms with E-state index < -0.39 is 29.4 Å². The van der Waals surface area contributed by atoms with Gasteiger partial charge in [-0.2, -0.15) is 8.78 Å². The van der Waals surface area contributed by atoms with Crippen LogP contribution in [-0.4, -0.2) is 61.1 Å².